The summed E-state index contributed by atoms with van der Waals surface area (Å²) in [6.45, 7) is 1.82. The predicted octanol–water partition coefficient (Wildman–Crippen LogP) is 4.95. The number of hydrogen-bond acceptors (Lipinski definition) is 5. The average molecular weight is 464 g/mol. The summed E-state index contributed by atoms with van der Waals surface area (Å²) in [4.78, 5) is 11.8. The maximum absolute atomic E-state index is 13.1. The topological polar surface area (TPSA) is 81.7 Å². The summed E-state index contributed by atoms with van der Waals surface area (Å²) >= 11 is 5.98. The van der Waals surface area contributed by atoms with Crippen LogP contribution in [0, 0.1) is 12.7 Å². The van der Waals surface area contributed by atoms with Crippen molar-refractivity contribution < 1.29 is 27.1 Å². The third-order valence-electron chi connectivity index (χ3n) is 4.44. The van der Waals surface area contributed by atoms with E-state index in [9.17, 15) is 17.6 Å². The Morgan fingerprint density at radius 2 is 1.77 bits per heavy atom. The van der Waals surface area contributed by atoms with Gasteiger partial charge in [-0.25, -0.2) is 17.6 Å². The first kappa shape index (κ1) is 22.6. The van der Waals surface area contributed by atoms with Crippen molar-refractivity contribution in [3.8, 4) is 5.75 Å². The lowest BCUT2D eigenvalue weighted by Gasteiger charge is -2.12. The van der Waals surface area contributed by atoms with Gasteiger partial charge in [0.2, 0.25) is 0 Å². The van der Waals surface area contributed by atoms with E-state index in [2.05, 4.69) is 9.46 Å². The summed E-state index contributed by atoms with van der Waals surface area (Å²) < 4.78 is 51.3. The monoisotopic (exact) mass is 463 g/mol. The number of halogens is 2. The first-order chi connectivity index (χ1) is 14.7. The second-order valence-corrected chi connectivity index (χ2v) is 8.71. The van der Waals surface area contributed by atoms with Gasteiger partial charge >= 0.3 is 5.97 Å². The van der Waals surface area contributed by atoms with Crippen LogP contribution in [-0.4, -0.2) is 21.5 Å². The van der Waals surface area contributed by atoms with E-state index >= 15 is 0 Å². The van der Waals surface area contributed by atoms with Crippen LogP contribution in [0.25, 0.3) is 0 Å². The summed E-state index contributed by atoms with van der Waals surface area (Å²) in [5.74, 6) is -0.568. The van der Waals surface area contributed by atoms with Gasteiger partial charge in [-0.2, -0.15) is 0 Å². The van der Waals surface area contributed by atoms with Gasteiger partial charge in [0.05, 0.1) is 22.6 Å². The van der Waals surface area contributed by atoms with E-state index in [4.69, 9.17) is 16.3 Å². The molecule has 6 nitrogen and oxygen atoms in total. The molecule has 3 aromatic carbocycles. The molecule has 0 radical (unpaired) electrons. The number of hydrogen-bond donors (Lipinski definition) is 1. The molecular formula is C22H19ClFNO5S. The van der Waals surface area contributed by atoms with Crippen molar-refractivity contribution in [1.82, 2.24) is 0 Å². The standard InChI is InChI=1S/C22H19ClFNO5S/c1-14-3-10-19(12-20(14)22(26)29-2)31(27,28)25-17-6-8-18(9-7-17)30-13-15-4-5-16(24)11-21(15)23/h3-12,25H,13H2,1-2H3. The number of benzene rings is 3. The lowest BCUT2D eigenvalue weighted by Crippen LogP contribution is -2.14. The molecule has 0 saturated heterocycles. The maximum Gasteiger partial charge on any atom is 0.338 e. The van der Waals surface area contributed by atoms with Crippen LogP contribution < -0.4 is 9.46 Å². The number of rotatable bonds is 7. The van der Waals surface area contributed by atoms with E-state index < -0.39 is 21.8 Å². The Morgan fingerprint density at radius 1 is 1.06 bits per heavy atom. The molecule has 1 N–H and O–H groups in total. The molecule has 0 aliphatic heterocycles. The normalized spacial score (nSPS) is 11.1. The number of esters is 1. The molecule has 0 spiro atoms. The summed E-state index contributed by atoms with van der Waals surface area (Å²) in [5, 5.41) is 0.258. The minimum Gasteiger partial charge on any atom is -0.489 e. The molecule has 3 rings (SSSR count). The highest BCUT2D eigenvalue weighted by molar-refractivity contribution is 7.92. The second kappa shape index (κ2) is 9.36. The van der Waals surface area contributed by atoms with Crippen LogP contribution in [0.5, 0.6) is 5.75 Å². The smallest absolute Gasteiger partial charge is 0.338 e. The van der Waals surface area contributed by atoms with Gasteiger partial charge in [0.25, 0.3) is 10.0 Å². The molecule has 0 heterocycles. The number of methoxy groups -OCH3 is 1. The molecule has 0 atom stereocenters. The van der Waals surface area contributed by atoms with Crippen LogP contribution in [0.3, 0.4) is 0 Å². The summed E-state index contributed by atoms with van der Waals surface area (Å²) in [7, 11) is -2.69. The molecule has 9 heteroatoms. The quantitative estimate of drug-likeness (QED) is 0.501. The van der Waals surface area contributed by atoms with Crippen molar-refractivity contribution in [1.29, 1.82) is 0 Å². The van der Waals surface area contributed by atoms with Crippen LogP contribution in [0.2, 0.25) is 5.02 Å². The zero-order valence-electron chi connectivity index (χ0n) is 16.7. The highest BCUT2D eigenvalue weighted by atomic mass is 35.5. The van der Waals surface area contributed by atoms with E-state index in [1.54, 1.807) is 25.1 Å². The molecule has 0 bridgehead atoms. The fraction of sp³-hybridized carbons (Fsp3) is 0.136. The molecule has 162 valence electrons. The number of aryl methyl sites for hydroxylation is 1. The van der Waals surface area contributed by atoms with Crippen LogP contribution in [0.4, 0.5) is 10.1 Å². The molecule has 0 aliphatic rings. The highest BCUT2D eigenvalue weighted by Gasteiger charge is 2.18. The van der Waals surface area contributed by atoms with Gasteiger partial charge in [0, 0.05) is 11.3 Å². The Balaban J connectivity index is 1.71. The van der Waals surface area contributed by atoms with Crippen molar-refractivity contribution in [3.05, 3.63) is 88.2 Å². The Hall–Kier alpha value is -3.10. The molecule has 31 heavy (non-hydrogen) atoms. The first-order valence-corrected chi connectivity index (χ1v) is 10.9. The Kier molecular flexibility index (Phi) is 6.82. The summed E-state index contributed by atoms with van der Waals surface area (Å²) in [6, 6.07) is 14.5. The SMILES string of the molecule is COC(=O)c1cc(S(=O)(=O)Nc2ccc(OCc3ccc(F)cc3Cl)cc2)ccc1C. The van der Waals surface area contributed by atoms with Gasteiger partial charge in [-0.05, 0) is 61.0 Å². The minimum atomic E-state index is -3.92. The maximum atomic E-state index is 13.1. The van der Waals surface area contributed by atoms with Gasteiger partial charge in [0.15, 0.2) is 0 Å². The molecule has 0 aromatic heterocycles. The molecule has 0 amide bonds. The van der Waals surface area contributed by atoms with Gasteiger partial charge in [-0.15, -0.1) is 0 Å². The van der Waals surface area contributed by atoms with Crippen molar-refractivity contribution in [3.63, 3.8) is 0 Å². The van der Waals surface area contributed by atoms with E-state index in [0.717, 1.165) is 0 Å². The van der Waals surface area contributed by atoms with Crippen molar-refractivity contribution in [2.75, 3.05) is 11.8 Å². The minimum absolute atomic E-state index is 0.0650. The molecule has 0 unspecified atom stereocenters. The van der Waals surface area contributed by atoms with Gasteiger partial charge in [-0.1, -0.05) is 23.7 Å². The van der Waals surface area contributed by atoms with Crippen LogP contribution in [0.15, 0.2) is 65.6 Å². The van der Waals surface area contributed by atoms with Crippen LogP contribution >= 0.6 is 11.6 Å². The lowest BCUT2D eigenvalue weighted by molar-refractivity contribution is 0.0599. The number of nitrogens with one attached hydrogen (secondary N) is 1. The molecule has 0 fully saturated rings. The van der Waals surface area contributed by atoms with E-state index in [0.29, 0.717) is 22.6 Å². The average Bonchev–Trinajstić information content (AvgIpc) is 2.73. The Labute approximate surface area is 184 Å². The molecule has 0 saturated carbocycles. The van der Waals surface area contributed by atoms with Crippen LogP contribution in [-0.2, 0) is 21.4 Å². The predicted molar refractivity (Wildman–Crippen MR) is 116 cm³/mol. The van der Waals surface area contributed by atoms with Gasteiger partial charge in [0.1, 0.15) is 18.2 Å². The van der Waals surface area contributed by atoms with E-state index in [1.807, 2.05) is 0 Å². The summed E-state index contributed by atoms with van der Waals surface area (Å²) in [5.41, 5.74) is 1.71. The number of ether oxygens (including phenoxy) is 2. The molecule has 0 aliphatic carbocycles. The number of sulfonamides is 1. The van der Waals surface area contributed by atoms with Crippen LogP contribution in [0.1, 0.15) is 21.5 Å². The fourth-order valence-electron chi connectivity index (χ4n) is 2.73. The largest absolute Gasteiger partial charge is 0.489 e. The first-order valence-electron chi connectivity index (χ1n) is 9.08. The summed E-state index contributed by atoms with van der Waals surface area (Å²) in [6.07, 6.45) is 0. The Morgan fingerprint density at radius 3 is 2.42 bits per heavy atom. The van der Waals surface area contributed by atoms with Crippen molar-refractivity contribution in [2.24, 2.45) is 0 Å². The molecular weight excluding hydrogens is 445 g/mol. The zero-order valence-corrected chi connectivity index (χ0v) is 18.3. The number of carbonyl (C=O) groups excluding carboxylic acids is 1. The third-order valence-corrected chi connectivity index (χ3v) is 6.17. The number of carbonyl (C=O) groups is 1. The van der Waals surface area contributed by atoms with Crippen molar-refractivity contribution in [2.45, 2.75) is 18.4 Å². The van der Waals surface area contributed by atoms with E-state index in [-0.39, 0.29) is 22.1 Å². The lowest BCUT2D eigenvalue weighted by atomic mass is 10.1. The zero-order chi connectivity index (χ0) is 22.6. The fourth-order valence-corrected chi connectivity index (χ4v) is 4.04. The highest BCUT2D eigenvalue weighted by Crippen LogP contribution is 2.23. The third kappa shape index (κ3) is 5.53. The number of anilines is 1. The second-order valence-electron chi connectivity index (χ2n) is 6.62. The Bertz CT molecular complexity index is 1210. The van der Waals surface area contributed by atoms with E-state index in [1.165, 1.54) is 49.6 Å². The van der Waals surface area contributed by atoms with Crippen molar-refractivity contribution >= 4 is 33.3 Å². The van der Waals surface area contributed by atoms with Gasteiger partial charge < -0.3 is 9.47 Å². The van der Waals surface area contributed by atoms with Gasteiger partial charge in [-0.3, -0.25) is 4.72 Å². The molecule has 3 aromatic rings.